The van der Waals surface area contributed by atoms with Gasteiger partial charge in [0.05, 0.1) is 0 Å². The molecule has 0 saturated carbocycles. The minimum absolute atomic E-state index is 0. The van der Waals surface area contributed by atoms with Crippen LogP contribution in [0.15, 0.2) is 0 Å². The third kappa shape index (κ3) is 9.44. The summed E-state index contributed by atoms with van der Waals surface area (Å²) in [4.78, 5) is 10.7. The Labute approximate surface area is 85.9 Å². The molecule has 0 saturated heterocycles. The van der Waals surface area contributed by atoms with Crippen molar-refractivity contribution in [3.63, 3.8) is 0 Å². The number of likely N-dealkylation sites (N-methyl/N-ethyl adjacent to an activating group) is 1. The van der Waals surface area contributed by atoms with Gasteiger partial charge >= 0.3 is 0 Å². The molecule has 2 N–H and O–H groups in total. The van der Waals surface area contributed by atoms with Gasteiger partial charge in [0.1, 0.15) is 6.61 Å². The van der Waals surface area contributed by atoms with E-state index in [4.69, 9.17) is 14.6 Å². The van der Waals surface area contributed by atoms with E-state index in [-0.39, 0.29) is 20.5 Å². The first kappa shape index (κ1) is 13.4. The normalized spacial score (nSPS) is 10.1. The molecule has 0 rings (SSSR count). The minimum atomic E-state index is -0.119. The van der Waals surface area contributed by atoms with Crippen LogP contribution in [0, 0.1) is 0 Å². The highest BCUT2D eigenvalue weighted by Gasteiger charge is 1.96. The summed E-state index contributed by atoms with van der Waals surface area (Å²) in [5, 5.41) is 10.9. The van der Waals surface area contributed by atoms with Crippen LogP contribution in [0.2, 0.25) is 0 Å². The van der Waals surface area contributed by atoms with Gasteiger partial charge in [0.15, 0.2) is 0 Å². The fourth-order valence-corrected chi connectivity index (χ4v) is 0.769. The monoisotopic (exact) mass is 207 g/mol. The lowest BCUT2D eigenvalue weighted by Gasteiger charge is -2.04. The Balaban J connectivity index is 0. The number of rotatable bonds is 9. The summed E-state index contributed by atoms with van der Waals surface area (Å²) in [5.41, 5.74) is 0. The van der Waals surface area contributed by atoms with Crippen molar-refractivity contribution in [3.8, 4) is 0 Å². The summed E-state index contributed by atoms with van der Waals surface area (Å²) in [5.74, 6) is -0.119. The molecule has 14 heavy (non-hydrogen) atoms. The van der Waals surface area contributed by atoms with Crippen LogP contribution >= 0.6 is 0 Å². The van der Waals surface area contributed by atoms with Gasteiger partial charge in [-0.15, -0.1) is 0 Å². The van der Waals surface area contributed by atoms with E-state index in [0.717, 1.165) is 6.42 Å². The number of amides is 1. The first-order valence-electron chi connectivity index (χ1n) is 4.78. The number of carbonyl (C=O) groups excluding carboxylic acids is 1. The third-order valence-corrected chi connectivity index (χ3v) is 1.54. The second kappa shape index (κ2) is 10.4. The molecule has 5 heteroatoms. The SMILES string of the molecule is CNC(=O)COCCCOCCCO.[HH]. The Hall–Kier alpha value is -0.650. The van der Waals surface area contributed by atoms with Gasteiger partial charge < -0.3 is 19.9 Å². The molecule has 5 nitrogen and oxygen atoms in total. The van der Waals surface area contributed by atoms with Crippen LogP contribution in [0.1, 0.15) is 14.3 Å². The molecule has 0 atom stereocenters. The van der Waals surface area contributed by atoms with Gasteiger partial charge in [-0.3, -0.25) is 4.79 Å². The molecule has 86 valence electrons. The van der Waals surface area contributed by atoms with Crippen molar-refractivity contribution in [2.45, 2.75) is 12.8 Å². The molecule has 0 heterocycles. The van der Waals surface area contributed by atoms with Gasteiger partial charge in [-0.25, -0.2) is 0 Å². The Morgan fingerprint density at radius 3 is 2.57 bits per heavy atom. The topological polar surface area (TPSA) is 67.8 Å². The number of ether oxygens (including phenoxy) is 2. The van der Waals surface area contributed by atoms with E-state index < -0.39 is 0 Å². The highest BCUT2D eigenvalue weighted by molar-refractivity contribution is 5.76. The van der Waals surface area contributed by atoms with Crippen molar-refractivity contribution in [3.05, 3.63) is 0 Å². The zero-order chi connectivity index (χ0) is 10.6. The van der Waals surface area contributed by atoms with Crippen molar-refractivity contribution < 1.29 is 20.8 Å². The van der Waals surface area contributed by atoms with Gasteiger partial charge in [0.25, 0.3) is 0 Å². The lowest BCUT2D eigenvalue weighted by Crippen LogP contribution is -2.23. The first-order valence-corrected chi connectivity index (χ1v) is 4.78. The second-order valence-corrected chi connectivity index (χ2v) is 2.77. The van der Waals surface area contributed by atoms with Gasteiger partial charge in [0, 0.05) is 34.9 Å². The van der Waals surface area contributed by atoms with E-state index in [1.54, 1.807) is 7.05 Å². The number of aliphatic hydroxyl groups excluding tert-OH is 1. The lowest BCUT2D eigenvalue weighted by atomic mass is 10.4. The number of aliphatic hydroxyl groups is 1. The van der Waals surface area contributed by atoms with Crippen LogP contribution in [0.4, 0.5) is 0 Å². The molecule has 0 spiro atoms. The van der Waals surface area contributed by atoms with E-state index in [1.807, 2.05) is 0 Å². The summed E-state index contributed by atoms with van der Waals surface area (Å²) in [6, 6.07) is 0. The third-order valence-electron chi connectivity index (χ3n) is 1.54. The molecule has 0 bridgehead atoms. The lowest BCUT2D eigenvalue weighted by molar-refractivity contribution is -0.125. The number of nitrogens with one attached hydrogen (secondary N) is 1. The maximum atomic E-state index is 10.7. The zero-order valence-electron chi connectivity index (χ0n) is 8.62. The summed E-state index contributed by atoms with van der Waals surface area (Å²) in [7, 11) is 1.57. The van der Waals surface area contributed by atoms with Crippen LogP contribution in [0.5, 0.6) is 0 Å². The van der Waals surface area contributed by atoms with Crippen molar-refractivity contribution in [2.75, 3.05) is 40.1 Å². The average Bonchev–Trinajstić information content (AvgIpc) is 2.21. The molecule has 0 aromatic rings. The number of carbonyl (C=O) groups is 1. The highest BCUT2D eigenvalue weighted by atomic mass is 16.5. The maximum Gasteiger partial charge on any atom is 0.245 e. The zero-order valence-corrected chi connectivity index (χ0v) is 8.62. The molecule has 0 fully saturated rings. The number of hydrogen-bond acceptors (Lipinski definition) is 4. The summed E-state index contributed by atoms with van der Waals surface area (Å²) in [6.45, 7) is 1.96. The quantitative estimate of drug-likeness (QED) is 0.513. The average molecular weight is 207 g/mol. The summed E-state index contributed by atoms with van der Waals surface area (Å²) < 4.78 is 10.2. The van der Waals surface area contributed by atoms with E-state index in [9.17, 15) is 4.79 Å². The predicted octanol–water partition coefficient (Wildman–Crippen LogP) is -0.216. The molecule has 0 aromatic heterocycles. The van der Waals surface area contributed by atoms with Gasteiger partial charge in [-0.2, -0.15) is 0 Å². The summed E-state index contributed by atoms with van der Waals surface area (Å²) >= 11 is 0. The fourth-order valence-electron chi connectivity index (χ4n) is 0.769. The number of hydrogen-bond donors (Lipinski definition) is 2. The Bertz CT molecular complexity index is 146. The predicted molar refractivity (Wildman–Crippen MR) is 54.1 cm³/mol. The first-order chi connectivity index (χ1) is 6.81. The summed E-state index contributed by atoms with van der Waals surface area (Å²) in [6.07, 6.45) is 1.43. The van der Waals surface area contributed by atoms with Crippen molar-refractivity contribution >= 4 is 5.91 Å². The van der Waals surface area contributed by atoms with E-state index in [1.165, 1.54) is 0 Å². The minimum Gasteiger partial charge on any atom is -0.396 e. The van der Waals surface area contributed by atoms with Crippen LogP contribution in [-0.4, -0.2) is 51.1 Å². The van der Waals surface area contributed by atoms with E-state index in [0.29, 0.717) is 26.2 Å². The molecule has 1 amide bonds. The molecule has 0 unspecified atom stereocenters. The van der Waals surface area contributed by atoms with E-state index >= 15 is 0 Å². The van der Waals surface area contributed by atoms with Crippen molar-refractivity contribution in [2.24, 2.45) is 0 Å². The molecular weight excluding hydrogens is 186 g/mol. The van der Waals surface area contributed by atoms with Gasteiger partial charge in [-0.1, -0.05) is 0 Å². The Kier molecular flexibility index (Phi) is 9.95. The van der Waals surface area contributed by atoms with Crippen LogP contribution < -0.4 is 5.32 Å². The Morgan fingerprint density at radius 1 is 1.29 bits per heavy atom. The maximum absolute atomic E-state index is 10.7. The molecule has 0 aromatic carbocycles. The van der Waals surface area contributed by atoms with E-state index in [2.05, 4.69) is 5.32 Å². The van der Waals surface area contributed by atoms with Crippen molar-refractivity contribution in [1.29, 1.82) is 0 Å². The van der Waals surface area contributed by atoms with Crippen LogP contribution in [0.3, 0.4) is 0 Å². The molecular formula is C9H21NO4. The smallest absolute Gasteiger partial charge is 0.245 e. The molecule has 0 aliphatic heterocycles. The molecule has 0 aliphatic carbocycles. The van der Waals surface area contributed by atoms with Crippen molar-refractivity contribution in [1.82, 2.24) is 5.32 Å². The van der Waals surface area contributed by atoms with Gasteiger partial charge in [-0.05, 0) is 12.8 Å². The Morgan fingerprint density at radius 2 is 1.93 bits per heavy atom. The standard InChI is InChI=1S/C9H19NO4.H2/c1-10-9(12)8-14-7-3-6-13-5-2-4-11;/h11H,2-8H2,1H3,(H,10,12);1H. The second-order valence-electron chi connectivity index (χ2n) is 2.77. The molecule has 0 aliphatic rings. The molecule has 0 radical (unpaired) electrons. The largest absolute Gasteiger partial charge is 0.396 e. The van der Waals surface area contributed by atoms with Crippen LogP contribution in [0.25, 0.3) is 0 Å². The highest BCUT2D eigenvalue weighted by Crippen LogP contribution is 1.87. The van der Waals surface area contributed by atoms with Gasteiger partial charge in [0.2, 0.25) is 5.91 Å². The fraction of sp³-hybridized carbons (Fsp3) is 0.889. The van der Waals surface area contributed by atoms with Crippen LogP contribution in [-0.2, 0) is 14.3 Å².